The lowest BCUT2D eigenvalue weighted by Crippen LogP contribution is -2.20. The summed E-state index contributed by atoms with van der Waals surface area (Å²) in [5.41, 5.74) is 14.2. The molecule has 0 aromatic heterocycles. The molecular weight excluding hydrogens is 196 g/mol. The lowest BCUT2D eigenvalue weighted by atomic mass is 10.0. The molecule has 1 atom stereocenters. The fourth-order valence-corrected chi connectivity index (χ4v) is 1.80. The molecule has 0 aliphatic carbocycles. The minimum absolute atomic E-state index is 0.327. The Balaban J connectivity index is 2.20. The van der Waals surface area contributed by atoms with Crippen molar-refractivity contribution in [2.24, 2.45) is 11.5 Å². The van der Waals surface area contributed by atoms with E-state index in [1.807, 2.05) is 0 Å². The maximum absolute atomic E-state index is 6.05. The van der Waals surface area contributed by atoms with Crippen LogP contribution < -0.4 is 11.5 Å². The Bertz CT molecular complexity index is 279. The highest BCUT2D eigenvalue weighted by Gasteiger charge is 2.02. The number of rotatable bonds is 7. The molecule has 2 heteroatoms. The van der Waals surface area contributed by atoms with E-state index in [4.69, 9.17) is 11.5 Å². The van der Waals surface area contributed by atoms with Crippen molar-refractivity contribution in [3.8, 4) is 0 Å². The summed E-state index contributed by atoms with van der Waals surface area (Å²) in [6, 6.07) is 9.04. The lowest BCUT2D eigenvalue weighted by molar-refractivity contribution is 0.535. The van der Waals surface area contributed by atoms with Crippen LogP contribution in [-0.2, 0) is 6.42 Å². The summed E-state index contributed by atoms with van der Waals surface area (Å²) < 4.78 is 0. The summed E-state index contributed by atoms with van der Waals surface area (Å²) >= 11 is 0. The molecule has 4 N–H and O–H groups in total. The Morgan fingerprint density at radius 3 is 2.38 bits per heavy atom. The van der Waals surface area contributed by atoms with Crippen LogP contribution >= 0.6 is 0 Å². The first-order valence-corrected chi connectivity index (χ1v) is 6.23. The third kappa shape index (κ3) is 5.29. The highest BCUT2D eigenvalue weighted by Crippen LogP contribution is 2.09. The summed E-state index contributed by atoms with van der Waals surface area (Å²) in [5.74, 6) is 0. The fraction of sp³-hybridized carbons (Fsp3) is 0.571. The van der Waals surface area contributed by atoms with Gasteiger partial charge in [-0.25, -0.2) is 0 Å². The van der Waals surface area contributed by atoms with Gasteiger partial charge < -0.3 is 11.5 Å². The smallest absolute Gasteiger partial charge is 0.00420 e. The third-order valence-electron chi connectivity index (χ3n) is 2.95. The Kier molecular flexibility index (Phi) is 6.12. The Labute approximate surface area is 99.0 Å². The fourth-order valence-electron chi connectivity index (χ4n) is 1.80. The molecule has 0 heterocycles. The minimum atomic E-state index is 0.327. The van der Waals surface area contributed by atoms with E-state index in [9.17, 15) is 0 Å². The van der Waals surface area contributed by atoms with Crippen LogP contribution in [0.5, 0.6) is 0 Å². The third-order valence-corrected chi connectivity index (χ3v) is 2.95. The van der Waals surface area contributed by atoms with Crippen LogP contribution in [0.2, 0.25) is 0 Å². The molecule has 0 fully saturated rings. The topological polar surface area (TPSA) is 52.0 Å². The summed E-state index contributed by atoms with van der Waals surface area (Å²) in [6.45, 7) is 2.90. The van der Waals surface area contributed by atoms with E-state index in [0.29, 0.717) is 6.04 Å². The lowest BCUT2D eigenvalue weighted by Gasteiger charge is -2.11. The van der Waals surface area contributed by atoms with Gasteiger partial charge in [0.1, 0.15) is 0 Å². The zero-order chi connectivity index (χ0) is 11.8. The maximum Gasteiger partial charge on any atom is 0.00420 e. The first-order chi connectivity index (χ1) is 7.72. The van der Waals surface area contributed by atoms with Crippen LogP contribution in [-0.4, -0.2) is 12.6 Å². The highest BCUT2D eigenvalue weighted by molar-refractivity contribution is 5.21. The molecule has 16 heavy (non-hydrogen) atoms. The SMILES string of the molecule is Cc1ccc(CC[C@@H](N)CCCCN)cc1. The molecule has 1 rings (SSSR count). The Hall–Kier alpha value is -0.860. The molecule has 0 amide bonds. The highest BCUT2D eigenvalue weighted by atomic mass is 14.6. The standard InChI is InChI=1S/C14H24N2/c1-12-5-7-13(8-6-12)9-10-14(16)4-2-3-11-15/h5-8,14H,2-4,9-11,15-16H2,1H3/t14-/m0/s1. The maximum atomic E-state index is 6.05. The molecule has 2 nitrogen and oxygen atoms in total. The molecule has 0 unspecified atom stereocenters. The average Bonchev–Trinajstić information content (AvgIpc) is 2.29. The zero-order valence-electron chi connectivity index (χ0n) is 10.3. The summed E-state index contributed by atoms with van der Waals surface area (Å²) in [7, 11) is 0. The van der Waals surface area contributed by atoms with Crippen molar-refractivity contribution in [2.45, 2.75) is 45.1 Å². The number of unbranched alkanes of at least 4 members (excludes halogenated alkanes) is 1. The molecule has 1 aromatic carbocycles. The van der Waals surface area contributed by atoms with Crippen molar-refractivity contribution >= 4 is 0 Å². The molecule has 0 spiro atoms. The predicted octanol–water partition coefficient (Wildman–Crippen LogP) is 2.38. The molecule has 0 saturated carbocycles. The average molecular weight is 220 g/mol. The van der Waals surface area contributed by atoms with Gasteiger partial charge in [-0.15, -0.1) is 0 Å². The normalized spacial score (nSPS) is 12.7. The Morgan fingerprint density at radius 1 is 1.06 bits per heavy atom. The van der Waals surface area contributed by atoms with Crippen molar-refractivity contribution < 1.29 is 0 Å². The molecule has 0 aliphatic heterocycles. The van der Waals surface area contributed by atoms with Gasteiger partial charge in [0, 0.05) is 6.04 Å². The molecule has 90 valence electrons. The first-order valence-electron chi connectivity index (χ1n) is 6.23. The molecule has 0 aliphatic rings. The van der Waals surface area contributed by atoms with E-state index in [1.165, 1.54) is 11.1 Å². The van der Waals surface area contributed by atoms with Crippen LogP contribution in [0.4, 0.5) is 0 Å². The predicted molar refractivity (Wildman–Crippen MR) is 70.4 cm³/mol. The molecule has 0 bridgehead atoms. The number of aryl methyl sites for hydroxylation is 2. The number of hydrogen-bond acceptors (Lipinski definition) is 2. The van der Waals surface area contributed by atoms with E-state index in [-0.39, 0.29) is 0 Å². The van der Waals surface area contributed by atoms with Crippen LogP contribution in [0, 0.1) is 6.92 Å². The number of nitrogens with two attached hydrogens (primary N) is 2. The van der Waals surface area contributed by atoms with Crippen molar-refractivity contribution in [3.63, 3.8) is 0 Å². The van der Waals surface area contributed by atoms with Crippen LogP contribution in [0.15, 0.2) is 24.3 Å². The van der Waals surface area contributed by atoms with E-state index >= 15 is 0 Å². The van der Waals surface area contributed by atoms with Crippen LogP contribution in [0.25, 0.3) is 0 Å². The number of benzene rings is 1. The second-order valence-electron chi connectivity index (χ2n) is 4.57. The van der Waals surface area contributed by atoms with Gasteiger partial charge in [-0.2, -0.15) is 0 Å². The monoisotopic (exact) mass is 220 g/mol. The van der Waals surface area contributed by atoms with Gasteiger partial charge >= 0.3 is 0 Å². The first kappa shape index (κ1) is 13.2. The zero-order valence-corrected chi connectivity index (χ0v) is 10.3. The van der Waals surface area contributed by atoms with E-state index in [1.54, 1.807) is 0 Å². The van der Waals surface area contributed by atoms with Crippen molar-refractivity contribution in [3.05, 3.63) is 35.4 Å². The molecular formula is C14H24N2. The van der Waals surface area contributed by atoms with E-state index in [2.05, 4.69) is 31.2 Å². The largest absolute Gasteiger partial charge is 0.330 e. The minimum Gasteiger partial charge on any atom is -0.330 e. The van der Waals surface area contributed by atoms with Crippen LogP contribution in [0.1, 0.15) is 36.8 Å². The van der Waals surface area contributed by atoms with Crippen molar-refractivity contribution in [1.82, 2.24) is 0 Å². The molecule has 0 saturated heterocycles. The van der Waals surface area contributed by atoms with Crippen molar-refractivity contribution in [1.29, 1.82) is 0 Å². The summed E-state index contributed by atoms with van der Waals surface area (Å²) in [6.07, 6.45) is 5.52. The van der Waals surface area contributed by atoms with Crippen LogP contribution in [0.3, 0.4) is 0 Å². The summed E-state index contributed by atoms with van der Waals surface area (Å²) in [4.78, 5) is 0. The second kappa shape index (κ2) is 7.42. The molecule has 1 aromatic rings. The quantitative estimate of drug-likeness (QED) is 0.693. The molecule has 0 radical (unpaired) electrons. The second-order valence-corrected chi connectivity index (χ2v) is 4.57. The van der Waals surface area contributed by atoms with Gasteiger partial charge in [0.25, 0.3) is 0 Å². The van der Waals surface area contributed by atoms with E-state index < -0.39 is 0 Å². The van der Waals surface area contributed by atoms with Gasteiger partial charge in [-0.05, 0) is 44.7 Å². The summed E-state index contributed by atoms with van der Waals surface area (Å²) in [5, 5.41) is 0. The van der Waals surface area contributed by atoms with Gasteiger partial charge in [0.15, 0.2) is 0 Å². The van der Waals surface area contributed by atoms with Gasteiger partial charge in [0.2, 0.25) is 0 Å². The number of hydrogen-bond donors (Lipinski definition) is 2. The van der Waals surface area contributed by atoms with Crippen molar-refractivity contribution in [2.75, 3.05) is 6.54 Å². The van der Waals surface area contributed by atoms with E-state index in [0.717, 1.165) is 38.6 Å². The Morgan fingerprint density at radius 2 is 1.75 bits per heavy atom. The van der Waals surface area contributed by atoms with Gasteiger partial charge in [-0.1, -0.05) is 36.2 Å². The van der Waals surface area contributed by atoms with Gasteiger partial charge in [-0.3, -0.25) is 0 Å². The van der Waals surface area contributed by atoms with Gasteiger partial charge in [0.05, 0.1) is 0 Å².